The lowest BCUT2D eigenvalue weighted by Gasteiger charge is -2.11. The molecule has 0 unspecified atom stereocenters. The number of hydrogen-bond acceptors (Lipinski definition) is 6. The number of amides is 1. The fraction of sp³-hybridized carbons (Fsp3) is 0.188. The van der Waals surface area contributed by atoms with E-state index in [0.717, 1.165) is 5.56 Å². The summed E-state index contributed by atoms with van der Waals surface area (Å²) in [5, 5.41) is 12.0. The van der Waals surface area contributed by atoms with E-state index < -0.39 is 0 Å². The molecular formula is C16H16ClN5O2S. The third kappa shape index (κ3) is 4.15. The number of rotatable bonds is 6. The second kappa shape index (κ2) is 7.62. The second-order valence-corrected chi connectivity index (χ2v) is 6.66. The van der Waals surface area contributed by atoms with E-state index >= 15 is 0 Å². The summed E-state index contributed by atoms with van der Waals surface area (Å²) in [5.41, 5.74) is 0.755. The Hall–Kier alpha value is -2.45. The highest BCUT2D eigenvalue weighted by Crippen LogP contribution is 2.23. The molecule has 0 aliphatic carbocycles. The molecule has 0 saturated carbocycles. The first-order chi connectivity index (χ1) is 12.0. The van der Waals surface area contributed by atoms with Gasteiger partial charge in [0.1, 0.15) is 5.76 Å². The number of halogens is 1. The summed E-state index contributed by atoms with van der Waals surface area (Å²) in [6.07, 6.45) is 1.57. The van der Waals surface area contributed by atoms with Crippen molar-refractivity contribution in [2.24, 2.45) is 0 Å². The highest BCUT2D eigenvalue weighted by atomic mass is 35.5. The van der Waals surface area contributed by atoms with Crippen molar-refractivity contribution in [1.82, 2.24) is 20.2 Å². The van der Waals surface area contributed by atoms with E-state index in [1.54, 1.807) is 24.5 Å². The van der Waals surface area contributed by atoms with Crippen molar-refractivity contribution in [3.63, 3.8) is 0 Å². The molecule has 1 amide bonds. The number of carbonyl (C=O) groups is 1. The molecular weight excluding hydrogens is 362 g/mol. The zero-order valence-electron chi connectivity index (χ0n) is 13.3. The fourth-order valence-corrected chi connectivity index (χ4v) is 3.08. The molecule has 25 heavy (non-hydrogen) atoms. The van der Waals surface area contributed by atoms with Gasteiger partial charge in [0.15, 0.2) is 5.82 Å². The van der Waals surface area contributed by atoms with Crippen molar-refractivity contribution in [3.05, 3.63) is 53.4 Å². The van der Waals surface area contributed by atoms with Crippen LogP contribution in [0.5, 0.6) is 0 Å². The molecule has 1 atom stereocenters. The van der Waals surface area contributed by atoms with Crippen molar-refractivity contribution in [1.29, 1.82) is 0 Å². The molecule has 9 heteroatoms. The zero-order valence-corrected chi connectivity index (χ0v) is 14.9. The molecule has 3 rings (SSSR count). The average Bonchev–Trinajstić information content (AvgIpc) is 3.23. The number of benzene rings is 1. The van der Waals surface area contributed by atoms with E-state index in [0.29, 0.717) is 21.8 Å². The summed E-state index contributed by atoms with van der Waals surface area (Å²) < 4.78 is 6.61. The largest absolute Gasteiger partial charge is 0.467 e. The third-order valence-electron chi connectivity index (χ3n) is 3.43. The van der Waals surface area contributed by atoms with E-state index in [1.165, 1.54) is 16.4 Å². The number of nitrogens with two attached hydrogens (primary N) is 1. The summed E-state index contributed by atoms with van der Waals surface area (Å²) in [5.74, 6) is 7.22. The molecule has 0 aliphatic heterocycles. The van der Waals surface area contributed by atoms with Crippen LogP contribution in [0, 0.1) is 0 Å². The van der Waals surface area contributed by atoms with Crippen LogP contribution in [0.3, 0.4) is 0 Å². The lowest BCUT2D eigenvalue weighted by molar-refractivity contribution is -0.119. The highest BCUT2D eigenvalue weighted by Gasteiger charge is 2.16. The van der Waals surface area contributed by atoms with Crippen LogP contribution in [-0.4, -0.2) is 26.5 Å². The molecule has 0 spiro atoms. The Morgan fingerprint density at radius 2 is 2.24 bits per heavy atom. The summed E-state index contributed by atoms with van der Waals surface area (Å²) >= 11 is 7.19. The van der Waals surface area contributed by atoms with E-state index in [1.807, 2.05) is 25.1 Å². The number of nitrogens with zero attached hydrogens (tertiary/aromatic N) is 3. The SMILES string of the molecule is C[C@@H](NC(=O)CSc1nnc(-c2cccc(Cl)c2)n1N)c1ccco1. The van der Waals surface area contributed by atoms with Gasteiger partial charge in [-0.15, -0.1) is 10.2 Å². The van der Waals surface area contributed by atoms with Gasteiger partial charge in [0.05, 0.1) is 18.1 Å². The van der Waals surface area contributed by atoms with Gasteiger partial charge in [-0.2, -0.15) is 0 Å². The minimum Gasteiger partial charge on any atom is -0.467 e. The minimum absolute atomic E-state index is 0.152. The molecule has 3 aromatic rings. The molecule has 0 bridgehead atoms. The molecule has 7 nitrogen and oxygen atoms in total. The molecule has 1 aromatic carbocycles. The van der Waals surface area contributed by atoms with Crippen LogP contribution < -0.4 is 11.2 Å². The molecule has 3 N–H and O–H groups in total. The number of thioether (sulfide) groups is 1. The Balaban J connectivity index is 1.61. The van der Waals surface area contributed by atoms with Crippen LogP contribution in [0.25, 0.3) is 11.4 Å². The highest BCUT2D eigenvalue weighted by molar-refractivity contribution is 7.99. The molecule has 2 aromatic heterocycles. The second-order valence-electron chi connectivity index (χ2n) is 5.28. The minimum atomic E-state index is -0.208. The monoisotopic (exact) mass is 377 g/mol. The summed E-state index contributed by atoms with van der Waals surface area (Å²) in [7, 11) is 0. The lowest BCUT2D eigenvalue weighted by atomic mass is 10.2. The van der Waals surface area contributed by atoms with Crippen LogP contribution in [0.2, 0.25) is 5.02 Å². The van der Waals surface area contributed by atoms with Crippen molar-refractivity contribution in [3.8, 4) is 11.4 Å². The van der Waals surface area contributed by atoms with Gasteiger partial charge in [0.2, 0.25) is 11.1 Å². The van der Waals surface area contributed by atoms with Crippen LogP contribution in [0.1, 0.15) is 18.7 Å². The fourth-order valence-electron chi connectivity index (χ4n) is 2.22. The van der Waals surface area contributed by atoms with Crippen molar-refractivity contribution < 1.29 is 9.21 Å². The Bertz CT molecular complexity index is 865. The predicted molar refractivity (Wildman–Crippen MR) is 96.6 cm³/mol. The van der Waals surface area contributed by atoms with Crippen molar-refractivity contribution >= 4 is 29.3 Å². The lowest BCUT2D eigenvalue weighted by Crippen LogP contribution is -2.28. The quantitative estimate of drug-likeness (QED) is 0.506. The maximum absolute atomic E-state index is 12.1. The zero-order chi connectivity index (χ0) is 17.8. The topological polar surface area (TPSA) is 99.0 Å². The molecule has 0 saturated heterocycles. The van der Waals surface area contributed by atoms with Gasteiger partial charge >= 0.3 is 0 Å². The average molecular weight is 378 g/mol. The van der Waals surface area contributed by atoms with Gasteiger partial charge in [0, 0.05) is 10.6 Å². The van der Waals surface area contributed by atoms with Crippen molar-refractivity contribution in [2.75, 3.05) is 11.6 Å². The van der Waals surface area contributed by atoms with Crippen molar-refractivity contribution in [2.45, 2.75) is 18.1 Å². The Kier molecular flexibility index (Phi) is 5.30. The number of hydrogen-bond donors (Lipinski definition) is 2. The van der Waals surface area contributed by atoms with Crippen LogP contribution >= 0.6 is 23.4 Å². The van der Waals surface area contributed by atoms with Crippen LogP contribution in [0.15, 0.2) is 52.2 Å². The van der Waals surface area contributed by atoms with Gasteiger partial charge < -0.3 is 15.6 Å². The maximum atomic E-state index is 12.1. The first kappa shape index (κ1) is 17.4. The Morgan fingerprint density at radius 3 is 2.96 bits per heavy atom. The van der Waals surface area contributed by atoms with Gasteiger partial charge in [-0.25, -0.2) is 4.68 Å². The normalized spacial score (nSPS) is 12.1. The molecule has 2 heterocycles. The summed E-state index contributed by atoms with van der Waals surface area (Å²) in [6.45, 7) is 1.85. The van der Waals surface area contributed by atoms with E-state index in [9.17, 15) is 4.79 Å². The summed E-state index contributed by atoms with van der Waals surface area (Å²) in [4.78, 5) is 12.1. The number of aromatic nitrogens is 3. The number of furan rings is 1. The third-order valence-corrected chi connectivity index (χ3v) is 4.61. The number of nitrogens with one attached hydrogen (secondary N) is 1. The standard InChI is InChI=1S/C16H16ClN5O2S/c1-10(13-6-3-7-24-13)19-14(23)9-25-16-21-20-15(22(16)18)11-4-2-5-12(17)8-11/h2-8,10H,9,18H2,1H3,(H,19,23)/t10-/m1/s1. The predicted octanol–water partition coefficient (Wildman–Crippen LogP) is 2.87. The summed E-state index contributed by atoms with van der Waals surface area (Å²) in [6, 6.07) is 10.5. The Labute approximate surface area is 153 Å². The smallest absolute Gasteiger partial charge is 0.231 e. The van der Waals surface area contributed by atoms with E-state index in [-0.39, 0.29) is 17.7 Å². The van der Waals surface area contributed by atoms with Gasteiger partial charge in [-0.3, -0.25) is 4.79 Å². The number of nitrogen functional groups attached to an aromatic ring is 1. The molecule has 0 aliphatic rings. The van der Waals surface area contributed by atoms with E-state index in [2.05, 4.69) is 15.5 Å². The van der Waals surface area contributed by atoms with Gasteiger partial charge in [0.25, 0.3) is 0 Å². The molecule has 130 valence electrons. The first-order valence-electron chi connectivity index (χ1n) is 7.46. The van der Waals surface area contributed by atoms with Gasteiger partial charge in [-0.05, 0) is 31.2 Å². The number of carbonyl (C=O) groups excluding carboxylic acids is 1. The Morgan fingerprint density at radius 1 is 1.40 bits per heavy atom. The van der Waals surface area contributed by atoms with Crippen LogP contribution in [0.4, 0.5) is 0 Å². The van der Waals surface area contributed by atoms with E-state index in [4.69, 9.17) is 21.9 Å². The molecule has 0 fully saturated rings. The molecule has 0 radical (unpaired) electrons. The first-order valence-corrected chi connectivity index (χ1v) is 8.83. The van der Waals surface area contributed by atoms with Crippen LogP contribution in [-0.2, 0) is 4.79 Å². The van der Waals surface area contributed by atoms with Gasteiger partial charge in [-0.1, -0.05) is 35.5 Å². The maximum Gasteiger partial charge on any atom is 0.231 e.